The van der Waals surface area contributed by atoms with Gasteiger partial charge in [-0.25, -0.2) is 0 Å². The van der Waals surface area contributed by atoms with E-state index in [1.165, 1.54) is 6.07 Å². The summed E-state index contributed by atoms with van der Waals surface area (Å²) in [4.78, 5) is 12.4. The second-order valence-electron chi connectivity index (χ2n) is 5.57. The van der Waals surface area contributed by atoms with Crippen molar-refractivity contribution < 1.29 is 9.53 Å². The number of benzene rings is 3. The molecule has 0 saturated heterocycles. The molecule has 0 aliphatic carbocycles. The van der Waals surface area contributed by atoms with E-state index in [0.717, 1.165) is 10.8 Å². The van der Waals surface area contributed by atoms with Gasteiger partial charge in [0.2, 0.25) is 0 Å². The predicted octanol–water partition coefficient (Wildman–Crippen LogP) is 4.77. The zero-order chi connectivity index (χ0) is 17.8. The molecule has 0 saturated carbocycles. The van der Waals surface area contributed by atoms with Crippen molar-refractivity contribution in [3.8, 4) is 11.8 Å². The molecule has 4 nitrogen and oxygen atoms in total. The van der Waals surface area contributed by atoms with Gasteiger partial charge < -0.3 is 10.1 Å². The molecule has 0 aliphatic rings. The Morgan fingerprint density at radius 3 is 2.60 bits per heavy atom. The molecule has 3 aromatic carbocycles. The Kier molecular flexibility index (Phi) is 4.87. The van der Waals surface area contributed by atoms with Gasteiger partial charge in [-0.05, 0) is 48.0 Å². The second-order valence-corrected chi connectivity index (χ2v) is 5.98. The summed E-state index contributed by atoms with van der Waals surface area (Å²) in [5, 5.41) is 14.1. The maximum Gasteiger partial charge on any atom is 0.265 e. The number of anilines is 1. The number of nitrogens with zero attached hydrogens (tertiary/aromatic N) is 1. The number of carbonyl (C=O) groups excluding carboxylic acids is 1. The summed E-state index contributed by atoms with van der Waals surface area (Å²) in [7, 11) is 0. The van der Waals surface area contributed by atoms with Crippen molar-refractivity contribution in [3.63, 3.8) is 0 Å². The summed E-state index contributed by atoms with van der Waals surface area (Å²) >= 11 is 6.07. The van der Waals surface area contributed by atoms with E-state index in [9.17, 15) is 4.79 Å². The van der Waals surface area contributed by atoms with Crippen LogP contribution in [-0.2, 0) is 4.79 Å². The van der Waals surface area contributed by atoms with Crippen molar-refractivity contribution >= 4 is 34.0 Å². The zero-order valence-electron chi connectivity index (χ0n) is 13.5. The summed E-state index contributed by atoms with van der Waals surface area (Å²) in [6.07, 6.45) is -0.739. The van der Waals surface area contributed by atoms with Gasteiger partial charge in [-0.1, -0.05) is 41.9 Å². The van der Waals surface area contributed by atoms with E-state index in [1.54, 1.807) is 19.1 Å². The lowest BCUT2D eigenvalue weighted by Gasteiger charge is -2.16. The molecule has 1 atom stereocenters. The van der Waals surface area contributed by atoms with Crippen molar-refractivity contribution in [2.24, 2.45) is 0 Å². The van der Waals surface area contributed by atoms with Crippen LogP contribution in [0.5, 0.6) is 5.75 Å². The lowest BCUT2D eigenvalue weighted by molar-refractivity contribution is -0.122. The van der Waals surface area contributed by atoms with Crippen LogP contribution in [0, 0.1) is 11.3 Å². The molecule has 25 heavy (non-hydrogen) atoms. The highest BCUT2D eigenvalue weighted by Gasteiger charge is 2.16. The van der Waals surface area contributed by atoms with E-state index in [4.69, 9.17) is 21.6 Å². The van der Waals surface area contributed by atoms with Crippen LogP contribution in [0.25, 0.3) is 10.8 Å². The molecule has 0 aliphatic heterocycles. The third-order valence-corrected chi connectivity index (χ3v) is 4.05. The third-order valence-electron chi connectivity index (χ3n) is 3.75. The molecule has 124 valence electrons. The van der Waals surface area contributed by atoms with E-state index in [1.807, 2.05) is 48.5 Å². The molecule has 5 heteroatoms. The zero-order valence-corrected chi connectivity index (χ0v) is 14.2. The molecule has 1 amide bonds. The lowest BCUT2D eigenvalue weighted by atomic mass is 10.1. The van der Waals surface area contributed by atoms with Crippen molar-refractivity contribution in [3.05, 3.63) is 71.2 Å². The predicted molar refractivity (Wildman–Crippen MR) is 98.8 cm³/mol. The van der Waals surface area contributed by atoms with Gasteiger partial charge in [0.15, 0.2) is 6.10 Å². The maximum atomic E-state index is 12.4. The van der Waals surface area contributed by atoms with Crippen LogP contribution in [0.2, 0.25) is 5.02 Å². The van der Waals surface area contributed by atoms with E-state index < -0.39 is 6.10 Å². The first kappa shape index (κ1) is 16.8. The van der Waals surface area contributed by atoms with E-state index in [2.05, 4.69) is 5.32 Å². The number of hydrogen-bond acceptors (Lipinski definition) is 3. The monoisotopic (exact) mass is 350 g/mol. The SMILES string of the molecule is C[C@@H](Oc1ccc(C#N)cc1Cl)C(=O)Nc1ccc2ccccc2c1. The molecular weight excluding hydrogens is 336 g/mol. The van der Waals surface area contributed by atoms with Crippen LogP contribution in [-0.4, -0.2) is 12.0 Å². The van der Waals surface area contributed by atoms with Crippen molar-refractivity contribution in [1.29, 1.82) is 5.26 Å². The molecular formula is C20H15ClN2O2. The number of nitriles is 1. The Morgan fingerprint density at radius 1 is 1.12 bits per heavy atom. The smallest absolute Gasteiger partial charge is 0.265 e. The van der Waals surface area contributed by atoms with Gasteiger partial charge in [-0.2, -0.15) is 5.26 Å². The molecule has 3 rings (SSSR count). The number of nitrogens with one attached hydrogen (secondary N) is 1. The largest absolute Gasteiger partial charge is 0.479 e. The Balaban J connectivity index is 1.70. The molecule has 3 aromatic rings. The second kappa shape index (κ2) is 7.25. The number of carbonyl (C=O) groups is 1. The van der Waals surface area contributed by atoms with Gasteiger partial charge in [0.25, 0.3) is 5.91 Å². The maximum absolute atomic E-state index is 12.4. The number of fused-ring (bicyclic) bond motifs is 1. The van der Waals surface area contributed by atoms with Gasteiger partial charge in [-0.15, -0.1) is 0 Å². The Labute approximate surface area is 150 Å². The number of amides is 1. The average Bonchev–Trinajstić information content (AvgIpc) is 2.63. The molecule has 1 N–H and O–H groups in total. The first-order valence-corrected chi connectivity index (χ1v) is 8.10. The normalized spacial score (nSPS) is 11.6. The van der Waals surface area contributed by atoms with E-state index in [-0.39, 0.29) is 5.91 Å². The molecule has 0 aromatic heterocycles. The fourth-order valence-electron chi connectivity index (χ4n) is 2.42. The molecule has 0 radical (unpaired) electrons. The Morgan fingerprint density at radius 2 is 1.88 bits per heavy atom. The van der Waals surface area contributed by atoms with Gasteiger partial charge >= 0.3 is 0 Å². The molecule has 0 bridgehead atoms. The Hall–Kier alpha value is -3.03. The van der Waals surface area contributed by atoms with Crippen LogP contribution in [0.15, 0.2) is 60.7 Å². The summed E-state index contributed by atoms with van der Waals surface area (Å²) in [5.74, 6) is 0.0811. The summed E-state index contributed by atoms with van der Waals surface area (Å²) in [6.45, 7) is 1.64. The number of halogens is 1. The molecule has 0 unspecified atom stereocenters. The molecule has 0 fully saturated rings. The number of ether oxygens (including phenoxy) is 1. The van der Waals surface area contributed by atoms with Crippen molar-refractivity contribution in [1.82, 2.24) is 0 Å². The van der Waals surface area contributed by atoms with E-state index in [0.29, 0.717) is 22.0 Å². The van der Waals surface area contributed by atoms with Crippen molar-refractivity contribution in [2.75, 3.05) is 5.32 Å². The third kappa shape index (κ3) is 3.90. The highest BCUT2D eigenvalue weighted by atomic mass is 35.5. The van der Waals surface area contributed by atoms with E-state index >= 15 is 0 Å². The minimum atomic E-state index is -0.739. The van der Waals surface area contributed by atoms with Crippen LogP contribution in [0.3, 0.4) is 0 Å². The molecule has 0 spiro atoms. The first-order valence-electron chi connectivity index (χ1n) is 7.73. The lowest BCUT2D eigenvalue weighted by Crippen LogP contribution is -2.30. The van der Waals surface area contributed by atoms with Crippen LogP contribution >= 0.6 is 11.6 Å². The minimum Gasteiger partial charge on any atom is -0.479 e. The quantitative estimate of drug-likeness (QED) is 0.737. The van der Waals surface area contributed by atoms with Crippen LogP contribution in [0.1, 0.15) is 12.5 Å². The van der Waals surface area contributed by atoms with Crippen molar-refractivity contribution in [2.45, 2.75) is 13.0 Å². The standard InChI is InChI=1S/C20H15ClN2O2/c1-13(25-19-9-6-14(12-22)10-18(19)21)20(24)23-17-8-7-15-4-2-3-5-16(15)11-17/h2-11,13H,1H3,(H,23,24)/t13-/m1/s1. The fourth-order valence-corrected chi connectivity index (χ4v) is 2.65. The van der Waals surface area contributed by atoms with Crippen LogP contribution < -0.4 is 10.1 Å². The van der Waals surface area contributed by atoms with Gasteiger partial charge in [0, 0.05) is 5.69 Å². The Bertz CT molecular complexity index is 979. The summed E-state index contributed by atoms with van der Waals surface area (Å²) in [5.41, 5.74) is 1.13. The van der Waals surface area contributed by atoms with Crippen LogP contribution in [0.4, 0.5) is 5.69 Å². The highest BCUT2D eigenvalue weighted by Crippen LogP contribution is 2.26. The average molecular weight is 351 g/mol. The summed E-state index contributed by atoms with van der Waals surface area (Å²) < 4.78 is 5.61. The molecule has 0 heterocycles. The number of rotatable bonds is 4. The highest BCUT2D eigenvalue weighted by molar-refractivity contribution is 6.32. The minimum absolute atomic E-state index is 0.282. The van der Waals surface area contributed by atoms with Gasteiger partial charge in [-0.3, -0.25) is 4.79 Å². The number of hydrogen-bond donors (Lipinski definition) is 1. The van der Waals surface area contributed by atoms with Gasteiger partial charge in [0.1, 0.15) is 5.75 Å². The topological polar surface area (TPSA) is 62.1 Å². The first-order chi connectivity index (χ1) is 12.1. The summed E-state index contributed by atoms with van der Waals surface area (Å²) in [6, 6.07) is 20.3. The van der Waals surface area contributed by atoms with Gasteiger partial charge in [0.05, 0.1) is 16.7 Å². The fraction of sp³-hybridized carbons (Fsp3) is 0.100.